The molecule has 7 heteroatoms. The molecule has 0 radical (unpaired) electrons. The summed E-state index contributed by atoms with van der Waals surface area (Å²) in [5.74, 6) is 2.08. The van der Waals surface area contributed by atoms with Gasteiger partial charge in [-0.15, -0.1) is 0 Å². The Morgan fingerprint density at radius 1 is 0.568 bits per heavy atom. The fourth-order valence-corrected chi connectivity index (χ4v) is 4.28. The molecule has 0 aliphatic heterocycles. The second-order valence-electron chi connectivity index (χ2n) is 9.57. The van der Waals surface area contributed by atoms with Crippen LogP contribution in [0.1, 0.15) is 115 Å². The van der Waals surface area contributed by atoms with Gasteiger partial charge in [-0.1, -0.05) is 127 Å². The van der Waals surface area contributed by atoms with Gasteiger partial charge in [0.15, 0.2) is 0 Å². The Labute approximate surface area is 248 Å². The van der Waals surface area contributed by atoms with Gasteiger partial charge in [0.25, 0.3) is 0 Å². The number of phosphoric acid groups is 1. The molecule has 0 aliphatic carbocycles. The molecule has 0 unspecified atom stereocenters. The average molecular weight is 545 g/mol. The fourth-order valence-electron chi connectivity index (χ4n) is 4.28. The van der Waals surface area contributed by atoms with Gasteiger partial charge >= 0.3 is 37.4 Å². The van der Waals surface area contributed by atoms with Gasteiger partial charge in [0.05, 0.1) is 0 Å². The predicted molar refractivity (Wildman–Crippen MR) is 158 cm³/mol. The molecule has 0 amide bonds. The van der Waals surface area contributed by atoms with Crippen LogP contribution in [0.5, 0.6) is 11.5 Å². The second kappa shape index (κ2) is 23.3. The number of rotatable bonds is 18. The van der Waals surface area contributed by atoms with E-state index >= 15 is 0 Å². The van der Waals surface area contributed by atoms with E-state index in [-0.39, 0.29) is 29.6 Å². The first-order chi connectivity index (χ1) is 17.3. The molecule has 0 aromatic heterocycles. The summed E-state index contributed by atoms with van der Waals surface area (Å²) in [4.78, 5) is 21.6. The molecule has 37 heavy (non-hydrogen) atoms. The third kappa shape index (κ3) is 20.9. The zero-order valence-corrected chi connectivity index (χ0v) is 23.4. The van der Waals surface area contributed by atoms with Crippen LogP contribution >= 0.6 is 7.82 Å². The Morgan fingerprint density at radius 3 is 1.22 bits per heavy atom. The third-order valence-electron chi connectivity index (χ3n) is 6.26. The summed E-state index contributed by atoms with van der Waals surface area (Å²) in [7, 11) is -4.64. The minimum atomic E-state index is -4.64. The van der Waals surface area contributed by atoms with Gasteiger partial charge in [0.2, 0.25) is 0 Å². The van der Waals surface area contributed by atoms with E-state index in [1.54, 1.807) is 0 Å². The van der Waals surface area contributed by atoms with Crippen LogP contribution in [0.3, 0.4) is 0 Å². The molecule has 5 nitrogen and oxygen atoms in total. The summed E-state index contributed by atoms with van der Waals surface area (Å²) in [5, 5.41) is 0. The molecule has 2 aromatic carbocycles. The molecule has 3 N–H and O–H groups in total. The van der Waals surface area contributed by atoms with Crippen LogP contribution in [0.15, 0.2) is 48.5 Å². The molecule has 0 atom stereocenters. The SMILES string of the molecule is CCCCCCCCCc1ccccc1Oc1ccccc1CCCCCCCCC.O=P(O)(O)O.[NaH]. The van der Waals surface area contributed by atoms with Crippen molar-refractivity contribution >= 4 is 37.4 Å². The maximum absolute atomic E-state index is 8.88. The summed E-state index contributed by atoms with van der Waals surface area (Å²) in [6.45, 7) is 4.56. The monoisotopic (exact) mass is 544 g/mol. The molecule has 206 valence electrons. The van der Waals surface area contributed by atoms with Gasteiger partial charge in [-0.3, -0.25) is 0 Å². The van der Waals surface area contributed by atoms with E-state index in [9.17, 15) is 0 Å². The van der Waals surface area contributed by atoms with Crippen molar-refractivity contribution in [1.82, 2.24) is 0 Å². The van der Waals surface area contributed by atoms with Gasteiger partial charge in [0, 0.05) is 0 Å². The number of hydrogen-bond donors (Lipinski definition) is 3. The normalized spacial score (nSPS) is 10.8. The number of hydrogen-bond acceptors (Lipinski definition) is 2. The number of benzene rings is 2. The van der Waals surface area contributed by atoms with E-state index in [1.807, 2.05) is 0 Å². The molecule has 0 aliphatic rings. The van der Waals surface area contributed by atoms with E-state index < -0.39 is 7.82 Å². The van der Waals surface area contributed by atoms with Crippen molar-refractivity contribution in [2.24, 2.45) is 0 Å². The van der Waals surface area contributed by atoms with Gasteiger partial charge in [-0.05, 0) is 48.9 Å². The van der Waals surface area contributed by atoms with Crippen LogP contribution in [-0.2, 0) is 17.4 Å². The zero-order chi connectivity index (χ0) is 26.5. The van der Waals surface area contributed by atoms with E-state index in [4.69, 9.17) is 24.0 Å². The molecule has 0 saturated heterocycles. The van der Waals surface area contributed by atoms with Gasteiger partial charge in [-0.2, -0.15) is 0 Å². The van der Waals surface area contributed by atoms with Gasteiger partial charge < -0.3 is 19.4 Å². The molecular weight excluding hydrogens is 494 g/mol. The van der Waals surface area contributed by atoms with Crippen molar-refractivity contribution in [3.8, 4) is 11.5 Å². The van der Waals surface area contributed by atoms with E-state index in [2.05, 4.69) is 62.4 Å². The van der Waals surface area contributed by atoms with Crippen molar-refractivity contribution in [2.75, 3.05) is 0 Å². The predicted octanol–water partition coefficient (Wildman–Crippen LogP) is 8.49. The first kappa shape index (κ1) is 36.4. The Hall–Kier alpha value is -0.650. The summed E-state index contributed by atoms with van der Waals surface area (Å²) in [6, 6.07) is 17.3. The first-order valence-corrected chi connectivity index (χ1v) is 15.5. The number of aryl methyl sites for hydroxylation is 2. The zero-order valence-electron chi connectivity index (χ0n) is 22.5. The van der Waals surface area contributed by atoms with E-state index in [0.29, 0.717) is 0 Å². The summed E-state index contributed by atoms with van der Waals surface area (Å²) in [5.41, 5.74) is 2.70. The number of unbranched alkanes of at least 4 members (excludes halogenated alkanes) is 12. The van der Waals surface area contributed by atoms with Crippen molar-refractivity contribution in [2.45, 2.75) is 117 Å². The molecule has 2 rings (SSSR count). The van der Waals surface area contributed by atoms with E-state index in [1.165, 1.54) is 101 Å². The number of ether oxygens (including phenoxy) is 1. The van der Waals surface area contributed by atoms with Crippen LogP contribution < -0.4 is 4.74 Å². The van der Waals surface area contributed by atoms with Crippen LogP contribution in [0, 0.1) is 0 Å². The molecular formula is C30H50NaO5P. The van der Waals surface area contributed by atoms with Crippen molar-refractivity contribution in [3.63, 3.8) is 0 Å². The number of para-hydroxylation sites is 2. The Morgan fingerprint density at radius 2 is 0.865 bits per heavy atom. The van der Waals surface area contributed by atoms with Crippen LogP contribution in [-0.4, -0.2) is 44.2 Å². The Bertz CT molecular complexity index is 788. The molecule has 0 spiro atoms. The van der Waals surface area contributed by atoms with Crippen molar-refractivity contribution in [3.05, 3.63) is 59.7 Å². The topological polar surface area (TPSA) is 87.0 Å². The minimum absolute atomic E-state index is 0. The van der Waals surface area contributed by atoms with Crippen LogP contribution in [0.2, 0.25) is 0 Å². The molecule has 2 aromatic rings. The van der Waals surface area contributed by atoms with Crippen LogP contribution in [0.25, 0.3) is 0 Å². The summed E-state index contributed by atoms with van der Waals surface area (Å²) >= 11 is 0. The maximum atomic E-state index is 8.88. The molecule has 0 saturated carbocycles. The first-order valence-electron chi connectivity index (χ1n) is 14.0. The average Bonchev–Trinajstić information content (AvgIpc) is 2.84. The van der Waals surface area contributed by atoms with Gasteiger partial charge in [0.1, 0.15) is 11.5 Å². The standard InChI is InChI=1S/C30H46O.Na.H3O4P.H/c1-3-5-7-9-11-13-15-21-27-23-17-19-25-29(27)31-30-26-20-18-24-28(30)22-16-14-12-10-8-6-4-2;;1-5(2,3)4;/h17-20,23-26H,3-16,21-22H2,1-2H3;;(H3,1,2,3,4);. The Balaban J connectivity index is 0.00000196. The summed E-state index contributed by atoms with van der Waals surface area (Å²) < 4.78 is 15.3. The van der Waals surface area contributed by atoms with Crippen LogP contribution in [0.4, 0.5) is 0 Å². The summed E-state index contributed by atoms with van der Waals surface area (Å²) in [6.07, 6.45) is 21.1. The molecule has 0 bridgehead atoms. The van der Waals surface area contributed by atoms with Gasteiger partial charge in [-0.25, -0.2) is 4.57 Å². The fraction of sp³-hybridized carbons (Fsp3) is 0.600. The quantitative estimate of drug-likeness (QED) is 0.0995. The second-order valence-corrected chi connectivity index (χ2v) is 10.6. The molecule has 0 fully saturated rings. The Kier molecular flexibility index (Phi) is 22.8. The third-order valence-corrected chi connectivity index (χ3v) is 6.26. The molecule has 0 heterocycles. The van der Waals surface area contributed by atoms with Crippen molar-refractivity contribution < 1.29 is 24.0 Å². The van der Waals surface area contributed by atoms with E-state index in [0.717, 1.165) is 24.3 Å². The van der Waals surface area contributed by atoms with Crippen molar-refractivity contribution in [1.29, 1.82) is 0 Å².